The van der Waals surface area contributed by atoms with Crippen LogP contribution in [-0.2, 0) is 27.3 Å². The van der Waals surface area contributed by atoms with Crippen molar-refractivity contribution in [2.75, 3.05) is 33.5 Å². The number of halogens is 1. The van der Waals surface area contributed by atoms with Gasteiger partial charge in [-0.05, 0) is 56.2 Å². The number of likely N-dealkylation sites (N-methyl/N-ethyl adjacent to an activating group) is 1. The number of ether oxygens (including phenoxy) is 1. The molecule has 0 spiro atoms. The number of nitrogens with zero attached hydrogens (tertiary/aromatic N) is 5. The number of anilines is 1. The standard InChI is InChI=1S/C28H34FN7O5/c1-34(2)23(37)10-6-5-9-21(41-28(40)35(3)4)26(38)31-19-8-7-13-36(27(19)39)16-22-32-24-18(29)15-30-20(25(24)33-22)14-17-11-12-17/h6-8,10,13,15,17,21H,5,9,11-12,14,16H2,1-4H3,(H,31,38)(H,32,33)/b10-6+/t21-/m0/s1. The minimum absolute atomic E-state index is 0.00325. The number of amides is 3. The van der Waals surface area contributed by atoms with Gasteiger partial charge < -0.3 is 29.4 Å². The predicted octanol–water partition coefficient (Wildman–Crippen LogP) is 2.69. The zero-order chi connectivity index (χ0) is 29.7. The molecule has 0 aliphatic heterocycles. The van der Waals surface area contributed by atoms with Crippen LogP contribution < -0.4 is 10.9 Å². The molecule has 3 amide bonds. The Hall–Kier alpha value is -4.55. The first-order valence-electron chi connectivity index (χ1n) is 13.3. The van der Waals surface area contributed by atoms with Gasteiger partial charge in [-0.3, -0.25) is 19.4 Å². The molecule has 0 unspecified atom stereocenters. The summed E-state index contributed by atoms with van der Waals surface area (Å²) in [7, 11) is 6.20. The van der Waals surface area contributed by atoms with Crippen molar-refractivity contribution in [3.63, 3.8) is 0 Å². The quantitative estimate of drug-likeness (QED) is 0.339. The minimum atomic E-state index is -1.21. The van der Waals surface area contributed by atoms with Crippen LogP contribution in [0.3, 0.4) is 0 Å². The van der Waals surface area contributed by atoms with E-state index in [0.29, 0.717) is 17.3 Å². The maximum absolute atomic E-state index is 14.4. The number of pyridine rings is 2. The lowest BCUT2D eigenvalue weighted by Crippen LogP contribution is -2.37. The molecular weight excluding hydrogens is 533 g/mol. The summed E-state index contributed by atoms with van der Waals surface area (Å²) in [6.07, 6.45) is 7.06. The molecule has 4 rings (SSSR count). The van der Waals surface area contributed by atoms with Gasteiger partial charge in [0.05, 0.1) is 24.0 Å². The highest BCUT2D eigenvalue weighted by Crippen LogP contribution is 2.33. The van der Waals surface area contributed by atoms with Gasteiger partial charge in [0.15, 0.2) is 11.9 Å². The van der Waals surface area contributed by atoms with E-state index in [2.05, 4.69) is 20.3 Å². The smallest absolute Gasteiger partial charge is 0.410 e. The van der Waals surface area contributed by atoms with Gasteiger partial charge in [-0.15, -0.1) is 0 Å². The minimum Gasteiger partial charge on any atom is -0.436 e. The molecule has 0 aromatic carbocycles. The molecule has 1 aliphatic carbocycles. The fraction of sp³-hybridized carbons (Fsp3) is 0.429. The van der Waals surface area contributed by atoms with E-state index >= 15 is 0 Å². The van der Waals surface area contributed by atoms with Gasteiger partial charge in [-0.25, -0.2) is 14.2 Å². The number of carbonyl (C=O) groups is 3. The van der Waals surface area contributed by atoms with Gasteiger partial charge in [-0.2, -0.15) is 0 Å². The highest BCUT2D eigenvalue weighted by Gasteiger charge is 2.26. The second-order valence-electron chi connectivity index (χ2n) is 10.4. The van der Waals surface area contributed by atoms with E-state index < -0.39 is 29.5 Å². The molecule has 3 aromatic rings. The third kappa shape index (κ3) is 7.56. The Balaban J connectivity index is 1.49. The van der Waals surface area contributed by atoms with E-state index in [1.54, 1.807) is 26.2 Å². The molecule has 1 fully saturated rings. The molecule has 1 saturated carbocycles. The SMILES string of the molecule is CN(C)C(=O)/C=C/CC[C@H](OC(=O)N(C)C)C(=O)Nc1cccn(Cc2nc3c(F)cnc(CC4CC4)c3[nH]2)c1=O. The number of aromatic amines is 1. The lowest BCUT2D eigenvalue weighted by molar-refractivity contribution is -0.125. The van der Waals surface area contributed by atoms with Crippen LogP contribution in [0.2, 0.25) is 0 Å². The number of hydrogen-bond acceptors (Lipinski definition) is 7. The summed E-state index contributed by atoms with van der Waals surface area (Å²) in [4.78, 5) is 64.5. The molecule has 13 heteroatoms. The first kappa shape index (κ1) is 29.4. The zero-order valence-corrected chi connectivity index (χ0v) is 23.5. The van der Waals surface area contributed by atoms with Crippen LogP contribution in [0.15, 0.2) is 41.5 Å². The van der Waals surface area contributed by atoms with Crippen molar-refractivity contribution in [3.8, 4) is 0 Å². The summed E-state index contributed by atoms with van der Waals surface area (Å²) >= 11 is 0. The van der Waals surface area contributed by atoms with Gasteiger partial charge in [0.2, 0.25) is 5.91 Å². The highest BCUT2D eigenvalue weighted by molar-refractivity contribution is 5.95. The van der Waals surface area contributed by atoms with Crippen molar-refractivity contribution in [2.24, 2.45) is 5.92 Å². The summed E-state index contributed by atoms with van der Waals surface area (Å²) in [5, 5.41) is 2.55. The summed E-state index contributed by atoms with van der Waals surface area (Å²) < 4.78 is 21.1. The number of aromatic nitrogens is 4. The Morgan fingerprint density at radius 1 is 1.24 bits per heavy atom. The maximum atomic E-state index is 14.4. The maximum Gasteiger partial charge on any atom is 0.410 e. The summed E-state index contributed by atoms with van der Waals surface area (Å²) in [6, 6.07) is 3.02. The monoisotopic (exact) mass is 567 g/mol. The number of rotatable bonds is 11. The first-order valence-corrected chi connectivity index (χ1v) is 13.3. The van der Waals surface area contributed by atoms with Crippen LogP contribution in [0.4, 0.5) is 14.9 Å². The van der Waals surface area contributed by atoms with Crippen molar-refractivity contribution < 1.29 is 23.5 Å². The van der Waals surface area contributed by atoms with E-state index in [1.165, 1.54) is 53.0 Å². The number of hydrogen-bond donors (Lipinski definition) is 2. The Morgan fingerprint density at radius 2 is 2.00 bits per heavy atom. The van der Waals surface area contributed by atoms with Crippen molar-refractivity contribution in [1.29, 1.82) is 0 Å². The third-order valence-corrected chi connectivity index (χ3v) is 6.58. The average Bonchev–Trinajstić information content (AvgIpc) is 3.64. The van der Waals surface area contributed by atoms with E-state index in [0.717, 1.165) is 25.0 Å². The van der Waals surface area contributed by atoms with Crippen LogP contribution in [-0.4, -0.2) is 81.5 Å². The number of allylic oxidation sites excluding steroid dienone is 1. The van der Waals surface area contributed by atoms with Crippen molar-refractivity contribution in [3.05, 3.63) is 64.4 Å². The Kier molecular flexibility index (Phi) is 9.15. The number of imidazole rings is 1. The number of fused-ring (bicyclic) bond motifs is 1. The molecule has 12 nitrogen and oxygen atoms in total. The Labute approximate surface area is 236 Å². The zero-order valence-electron chi connectivity index (χ0n) is 23.5. The number of carbonyl (C=O) groups excluding carboxylic acids is 3. The lowest BCUT2D eigenvalue weighted by atomic mass is 10.1. The molecule has 1 atom stereocenters. The van der Waals surface area contributed by atoms with Crippen LogP contribution in [0.1, 0.15) is 37.2 Å². The van der Waals surface area contributed by atoms with Crippen LogP contribution in [0.25, 0.3) is 11.0 Å². The fourth-order valence-electron chi connectivity index (χ4n) is 4.07. The predicted molar refractivity (Wildman–Crippen MR) is 150 cm³/mol. The van der Waals surface area contributed by atoms with E-state index in [4.69, 9.17) is 4.74 Å². The highest BCUT2D eigenvalue weighted by atomic mass is 19.1. The summed E-state index contributed by atoms with van der Waals surface area (Å²) in [6.45, 7) is 0.00325. The largest absolute Gasteiger partial charge is 0.436 e. The Bertz CT molecular complexity index is 1520. The fourth-order valence-corrected chi connectivity index (χ4v) is 4.07. The van der Waals surface area contributed by atoms with Crippen LogP contribution in [0, 0.1) is 11.7 Å². The topological polar surface area (TPSA) is 143 Å². The lowest BCUT2D eigenvalue weighted by Gasteiger charge is -2.19. The third-order valence-electron chi connectivity index (χ3n) is 6.58. The average molecular weight is 568 g/mol. The van der Waals surface area contributed by atoms with Gasteiger partial charge in [-0.1, -0.05) is 6.08 Å². The van der Waals surface area contributed by atoms with E-state index in [1.807, 2.05) is 0 Å². The first-order chi connectivity index (χ1) is 19.5. The number of nitrogens with one attached hydrogen (secondary N) is 2. The molecular formula is C28H34FN7O5. The van der Waals surface area contributed by atoms with Crippen molar-refractivity contribution in [2.45, 2.75) is 44.8 Å². The van der Waals surface area contributed by atoms with Crippen LogP contribution >= 0.6 is 0 Å². The molecule has 3 aromatic heterocycles. The second-order valence-corrected chi connectivity index (χ2v) is 10.4. The van der Waals surface area contributed by atoms with Gasteiger partial charge in [0.25, 0.3) is 11.5 Å². The molecule has 218 valence electrons. The normalized spacial score (nSPS) is 13.8. The molecule has 0 radical (unpaired) electrons. The summed E-state index contributed by atoms with van der Waals surface area (Å²) in [5.74, 6) is -0.545. The Morgan fingerprint density at radius 3 is 2.68 bits per heavy atom. The van der Waals surface area contributed by atoms with E-state index in [9.17, 15) is 23.6 Å². The van der Waals surface area contributed by atoms with Crippen molar-refractivity contribution in [1.82, 2.24) is 29.3 Å². The van der Waals surface area contributed by atoms with Crippen molar-refractivity contribution >= 4 is 34.6 Å². The van der Waals surface area contributed by atoms with Gasteiger partial charge in [0, 0.05) is 34.4 Å². The molecule has 0 saturated heterocycles. The molecule has 1 aliphatic rings. The van der Waals surface area contributed by atoms with Gasteiger partial charge in [0.1, 0.15) is 17.0 Å². The van der Waals surface area contributed by atoms with Gasteiger partial charge >= 0.3 is 6.09 Å². The second kappa shape index (κ2) is 12.7. The van der Waals surface area contributed by atoms with E-state index in [-0.39, 0.29) is 36.5 Å². The molecule has 2 N–H and O–H groups in total. The molecule has 41 heavy (non-hydrogen) atoms. The molecule has 3 heterocycles. The number of H-pyrrole nitrogens is 1. The summed E-state index contributed by atoms with van der Waals surface area (Å²) in [5.41, 5.74) is 0.897. The molecule has 0 bridgehead atoms. The van der Waals surface area contributed by atoms with Crippen LogP contribution in [0.5, 0.6) is 0 Å².